The van der Waals surface area contributed by atoms with Crippen LogP contribution in [0.4, 0.5) is 11.8 Å². The SMILES string of the molecule is CCOC(=O)c1csc2nc(N)nc(N3CCN(C(=O)c4cccc(CO)n4)CC3)c12. The number of piperazine rings is 1. The summed E-state index contributed by atoms with van der Waals surface area (Å²) in [6, 6.07) is 5.01. The number of aliphatic hydroxyl groups excluding tert-OH is 1. The molecule has 0 unspecified atom stereocenters. The van der Waals surface area contributed by atoms with Crippen LogP contribution >= 0.6 is 11.3 Å². The number of aromatic nitrogens is 3. The molecule has 1 saturated heterocycles. The highest BCUT2D eigenvalue weighted by atomic mass is 32.1. The Morgan fingerprint density at radius 1 is 1.19 bits per heavy atom. The summed E-state index contributed by atoms with van der Waals surface area (Å²) >= 11 is 1.31. The van der Waals surface area contributed by atoms with E-state index in [2.05, 4.69) is 15.0 Å². The van der Waals surface area contributed by atoms with Gasteiger partial charge in [-0.1, -0.05) is 6.07 Å². The number of aliphatic hydroxyl groups is 1. The van der Waals surface area contributed by atoms with Crippen molar-refractivity contribution < 1.29 is 19.4 Å². The van der Waals surface area contributed by atoms with Gasteiger partial charge < -0.3 is 25.4 Å². The van der Waals surface area contributed by atoms with Gasteiger partial charge in [-0.15, -0.1) is 11.3 Å². The molecule has 0 saturated carbocycles. The fraction of sp³-hybridized carbons (Fsp3) is 0.350. The highest BCUT2D eigenvalue weighted by Crippen LogP contribution is 2.33. The number of hydrogen-bond acceptors (Lipinski definition) is 10. The minimum atomic E-state index is -0.424. The molecule has 31 heavy (non-hydrogen) atoms. The van der Waals surface area contributed by atoms with E-state index < -0.39 is 5.97 Å². The maximum atomic E-state index is 12.8. The molecule has 11 heteroatoms. The number of hydrogen-bond donors (Lipinski definition) is 2. The molecule has 0 atom stereocenters. The maximum absolute atomic E-state index is 12.8. The van der Waals surface area contributed by atoms with Crippen molar-refractivity contribution in [2.24, 2.45) is 0 Å². The van der Waals surface area contributed by atoms with E-state index in [0.717, 1.165) is 0 Å². The summed E-state index contributed by atoms with van der Waals surface area (Å²) in [6.45, 7) is 3.73. The van der Waals surface area contributed by atoms with E-state index in [9.17, 15) is 14.7 Å². The Morgan fingerprint density at radius 2 is 1.97 bits per heavy atom. The summed E-state index contributed by atoms with van der Waals surface area (Å²) < 4.78 is 5.17. The van der Waals surface area contributed by atoms with Gasteiger partial charge in [-0.2, -0.15) is 4.98 Å². The lowest BCUT2D eigenvalue weighted by molar-refractivity contribution is 0.0529. The Morgan fingerprint density at radius 3 is 2.68 bits per heavy atom. The lowest BCUT2D eigenvalue weighted by Crippen LogP contribution is -2.49. The van der Waals surface area contributed by atoms with E-state index in [0.29, 0.717) is 59.2 Å². The molecule has 0 bridgehead atoms. The number of carbonyl (C=O) groups excluding carboxylic acids is 2. The molecular formula is C20H22N6O4S. The summed E-state index contributed by atoms with van der Waals surface area (Å²) in [5, 5.41) is 11.6. The molecule has 0 radical (unpaired) electrons. The molecule has 1 amide bonds. The van der Waals surface area contributed by atoms with Crippen LogP contribution in [0.25, 0.3) is 10.2 Å². The van der Waals surface area contributed by atoms with E-state index in [-0.39, 0.29) is 25.1 Å². The number of nitrogens with two attached hydrogens (primary N) is 1. The predicted molar refractivity (Wildman–Crippen MR) is 116 cm³/mol. The van der Waals surface area contributed by atoms with Gasteiger partial charge in [0, 0.05) is 31.6 Å². The van der Waals surface area contributed by atoms with Gasteiger partial charge in [0.1, 0.15) is 16.3 Å². The average molecular weight is 443 g/mol. The molecule has 4 rings (SSSR count). The first-order valence-electron chi connectivity index (χ1n) is 9.84. The van der Waals surface area contributed by atoms with Crippen LogP contribution in [0.3, 0.4) is 0 Å². The molecule has 0 aliphatic carbocycles. The largest absolute Gasteiger partial charge is 0.462 e. The van der Waals surface area contributed by atoms with Crippen LogP contribution in [-0.4, -0.2) is 69.6 Å². The summed E-state index contributed by atoms with van der Waals surface area (Å²) in [6.07, 6.45) is 0. The van der Waals surface area contributed by atoms with E-state index in [1.165, 1.54) is 11.3 Å². The summed E-state index contributed by atoms with van der Waals surface area (Å²) in [5.41, 5.74) is 7.07. The Bertz CT molecular complexity index is 1130. The van der Waals surface area contributed by atoms with Gasteiger partial charge in [0.15, 0.2) is 0 Å². The highest BCUT2D eigenvalue weighted by molar-refractivity contribution is 7.17. The predicted octanol–water partition coefficient (Wildman–Crippen LogP) is 1.30. The Kier molecular flexibility index (Phi) is 5.96. The fourth-order valence-corrected chi connectivity index (χ4v) is 4.41. The first-order valence-corrected chi connectivity index (χ1v) is 10.7. The molecule has 1 aliphatic heterocycles. The Hall–Kier alpha value is -3.31. The normalized spacial score (nSPS) is 14.1. The number of ether oxygens (including phenoxy) is 1. The van der Waals surface area contributed by atoms with E-state index in [4.69, 9.17) is 10.5 Å². The van der Waals surface area contributed by atoms with Crippen molar-refractivity contribution in [2.45, 2.75) is 13.5 Å². The van der Waals surface area contributed by atoms with Gasteiger partial charge >= 0.3 is 5.97 Å². The second-order valence-corrected chi connectivity index (χ2v) is 7.77. The summed E-state index contributed by atoms with van der Waals surface area (Å²) in [5.74, 6) is 0.0830. The van der Waals surface area contributed by atoms with Gasteiger partial charge in [0.05, 0.1) is 29.9 Å². The second-order valence-electron chi connectivity index (χ2n) is 6.91. The Balaban J connectivity index is 1.56. The molecule has 1 aliphatic rings. The average Bonchev–Trinajstić information content (AvgIpc) is 3.22. The highest BCUT2D eigenvalue weighted by Gasteiger charge is 2.27. The molecular weight excluding hydrogens is 420 g/mol. The zero-order valence-corrected chi connectivity index (χ0v) is 17.8. The minimum absolute atomic E-state index is 0.128. The van der Waals surface area contributed by atoms with Gasteiger partial charge in [0.2, 0.25) is 5.95 Å². The lowest BCUT2D eigenvalue weighted by Gasteiger charge is -2.35. The number of esters is 1. The first kappa shape index (κ1) is 20.9. The van der Waals surface area contributed by atoms with Crippen LogP contribution in [0.2, 0.25) is 0 Å². The van der Waals surface area contributed by atoms with E-state index in [1.807, 2.05) is 4.90 Å². The third-order valence-electron chi connectivity index (χ3n) is 4.98. The van der Waals surface area contributed by atoms with Crippen molar-refractivity contribution in [3.05, 3.63) is 40.5 Å². The van der Waals surface area contributed by atoms with Crippen LogP contribution in [0, 0.1) is 0 Å². The monoisotopic (exact) mass is 442 g/mol. The molecule has 0 aromatic carbocycles. The van der Waals surface area contributed by atoms with Crippen molar-refractivity contribution in [3.63, 3.8) is 0 Å². The third kappa shape index (κ3) is 4.14. The fourth-order valence-electron chi connectivity index (χ4n) is 3.50. The third-order valence-corrected chi connectivity index (χ3v) is 5.85. The quantitative estimate of drug-likeness (QED) is 0.561. The molecule has 10 nitrogen and oxygen atoms in total. The van der Waals surface area contributed by atoms with E-state index >= 15 is 0 Å². The number of nitrogen functional groups attached to an aromatic ring is 1. The molecule has 3 aromatic rings. The molecule has 3 aromatic heterocycles. The lowest BCUT2D eigenvalue weighted by atomic mass is 10.2. The van der Waals surface area contributed by atoms with Crippen molar-refractivity contribution in [3.8, 4) is 0 Å². The van der Waals surface area contributed by atoms with Crippen molar-refractivity contribution in [2.75, 3.05) is 43.4 Å². The zero-order valence-electron chi connectivity index (χ0n) is 16.9. The molecule has 4 heterocycles. The molecule has 3 N–H and O–H groups in total. The second kappa shape index (κ2) is 8.82. The van der Waals surface area contributed by atoms with Crippen LogP contribution in [-0.2, 0) is 11.3 Å². The topological polar surface area (TPSA) is 135 Å². The number of fused-ring (bicyclic) bond motifs is 1. The van der Waals surface area contributed by atoms with Crippen molar-refractivity contribution in [1.29, 1.82) is 0 Å². The minimum Gasteiger partial charge on any atom is -0.462 e. The van der Waals surface area contributed by atoms with Crippen LogP contribution in [0.15, 0.2) is 23.6 Å². The van der Waals surface area contributed by atoms with Crippen LogP contribution in [0.1, 0.15) is 33.5 Å². The first-order chi connectivity index (χ1) is 15.0. The van der Waals surface area contributed by atoms with Gasteiger partial charge in [-0.25, -0.2) is 14.8 Å². The van der Waals surface area contributed by atoms with Crippen LogP contribution in [0.5, 0.6) is 0 Å². The number of nitrogens with zero attached hydrogens (tertiary/aromatic N) is 5. The van der Waals surface area contributed by atoms with Crippen LogP contribution < -0.4 is 10.6 Å². The van der Waals surface area contributed by atoms with E-state index in [1.54, 1.807) is 35.4 Å². The zero-order chi connectivity index (χ0) is 22.0. The Labute approximate surface area is 182 Å². The number of pyridine rings is 1. The number of thiophene rings is 1. The smallest absolute Gasteiger partial charge is 0.339 e. The molecule has 0 spiro atoms. The summed E-state index contributed by atoms with van der Waals surface area (Å²) in [4.78, 5) is 42.4. The molecule has 1 fully saturated rings. The number of rotatable bonds is 5. The van der Waals surface area contributed by atoms with Gasteiger partial charge in [-0.05, 0) is 19.1 Å². The maximum Gasteiger partial charge on any atom is 0.339 e. The number of anilines is 2. The van der Waals surface area contributed by atoms with Crippen molar-refractivity contribution >= 4 is 45.2 Å². The number of carbonyl (C=O) groups is 2. The standard InChI is InChI=1S/C20H22N6O4S/c1-2-30-19(29)13-11-31-17-15(13)16(23-20(21)24-17)25-6-8-26(9-7-25)18(28)14-5-3-4-12(10-27)22-14/h3-5,11,27H,2,6-10H2,1H3,(H2,21,23,24). The summed E-state index contributed by atoms with van der Waals surface area (Å²) in [7, 11) is 0. The molecule has 162 valence electrons. The van der Waals surface area contributed by atoms with Crippen molar-refractivity contribution in [1.82, 2.24) is 19.9 Å². The van der Waals surface area contributed by atoms with Gasteiger partial charge in [-0.3, -0.25) is 4.79 Å². The van der Waals surface area contributed by atoms with Gasteiger partial charge in [0.25, 0.3) is 5.91 Å². The number of amides is 1.